The fourth-order valence-electron chi connectivity index (χ4n) is 3.63. The maximum atomic E-state index is 14.5. The number of nitrogens with one attached hydrogen (secondary N) is 1. The number of carbonyl (C=O) groups excluding carboxylic acids is 3. The summed E-state index contributed by atoms with van der Waals surface area (Å²) in [5.74, 6) is -4.75. The number of alkyl halides is 4. The Hall–Kier alpha value is -3.84. The highest BCUT2D eigenvalue weighted by Crippen LogP contribution is 2.19. The van der Waals surface area contributed by atoms with Crippen molar-refractivity contribution in [1.82, 2.24) is 14.9 Å². The average molecular weight is 517 g/mol. The van der Waals surface area contributed by atoms with Crippen LogP contribution in [0.4, 0.5) is 22.0 Å². The molecule has 1 saturated heterocycles. The first-order valence-electron chi connectivity index (χ1n) is 10.7. The number of amides is 2. The summed E-state index contributed by atoms with van der Waals surface area (Å²) in [5, 5.41) is 2.03. The minimum atomic E-state index is -5.33. The van der Waals surface area contributed by atoms with E-state index in [1.165, 1.54) is 24.8 Å². The van der Waals surface area contributed by atoms with Crippen LogP contribution in [0.3, 0.4) is 0 Å². The summed E-state index contributed by atoms with van der Waals surface area (Å²) in [6.07, 6.45) is -5.58. The van der Waals surface area contributed by atoms with Crippen molar-refractivity contribution < 1.29 is 46.0 Å². The van der Waals surface area contributed by atoms with E-state index in [0.717, 1.165) is 17.0 Å². The molecule has 36 heavy (non-hydrogen) atoms. The zero-order valence-electron chi connectivity index (χ0n) is 19.2. The van der Waals surface area contributed by atoms with E-state index >= 15 is 0 Å². The first-order valence-corrected chi connectivity index (χ1v) is 10.7. The third kappa shape index (κ3) is 5.69. The SMILES string of the molecule is Cc1c(C)c(=O)[nH][n+](OC(=O)C(F)(F)F)c1Cc1ccc(F)c(C(=O)N2CCN(CCF)C(=O)C2)c1. The van der Waals surface area contributed by atoms with Gasteiger partial charge in [0.25, 0.3) is 11.6 Å². The Balaban J connectivity index is 1.92. The number of H-pyrrole nitrogens is 1. The Morgan fingerprint density at radius 3 is 2.44 bits per heavy atom. The van der Waals surface area contributed by atoms with Crippen molar-refractivity contribution in [3.05, 3.63) is 62.3 Å². The van der Waals surface area contributed by atoms with E-state index in [-0.39, 0.29) is 55.0 Å². The third-order valence-corrected chi connectivity index (χ3v) is 5.78. The molecule has 0 bridgehead atoms. The molecule has 2 aromatic rings. The van der Waals surface area contributed by atoms with E-state index < -0.39 is 47.6 Å². The molecule has 0 unspecified atom stereocenters. The molecular weight excluding hydrogens is 495 g/mol. The Morgan fingerprint density at radius 2 is 1.83 bits per heavy atom. The summed E-state index contributed by atoms with van der Waals surface area (Å²) in [4.78, 5) is 55.4. The van der Waals surface area contributed by atoms with Gasteiger partial charge in [0.1, 0.15) is 23.9 Å². The second kappa shape index (κ2) is 10.4. The van der Waals surface area contributed by atoms with Crippen LogP contribution in [0.25, 0.3) is 0 Å². The van der Waals surface area contributed by atoms with E-state index in [1.54, 1.807) is 0 Å². The molecule has 0 spiro atoms. The summed E-state index contributed by atoms with van der Waals surface area (Å²) >= 11 is 0. The number of nitrogens with zero attached hydrogens (tertiary/aromatic N) is 3. The molecule has 1 aromatic carbocycles. The highest BCUT2D eigenvalue weighted by molar-refractivity contribution is 5.97. The maximum absolute atomic E-state index is 14.5. The highest BCUT2D eigenvalue weighted by atomic mass is 19.4. The summed E-state index contributed by atoms with van der Waals surface area (Å²) < 4.78 is 65.3. The van der Waals surface area contributed by atoms with Crippen LogP contribution < -0.4 is 15.2 Å². The van der Waals surface area contributed by atoms with E-state index in [2.05, 4.69) is 4.84 Å². The minimum absolute atomic E-state index is 0.0512. The molecule has 9 nitrogen and oxygen atoms in total. The van der Waals surface area contributed by atoms with Crippen LogP contribution in [0.2, 0.25) is 0 Å². The number of hydrogen-bond donors (Lipinski definition) is 1. The molecule has 2 amide bonds. The smallest absolute Gasteiger partial charge is 0.337 e. The second-order valence-electron chi connectivity index (χ2n) is 8.10. The lowest BCUT2D eigenvalue weighted by Gasteiger charge is -2.34. The van der Waals surface area contributed by atoms with Gasteiger partial charge in [0, 0.05) is 30.8 Å². The van der Waals surface area contributed by atoms with Crippen molar-refractivity contribution in [2.24, 2.45) is 0 Å². The molecule has 0 aliphatic carbocycles. The van der Waals surface area contributed by atoms with Crippen LogP contribution in [0.5, 0.6) is 0 Å². The number of carbonyl (C=O) groups is 3. The zero-order valence-corrected chi connectivity index (χ0v) is 19.2. The van der Waals surface area contributed by atoms with Crippen molar-refractivity contribution in [3.8, 4) is 0 Å². The summed E-state index contributed by atoms with van der Waals surface area (Å²) in [5.41, 5.74) is -0.638. The number of rotatable bonds is 6. The van der Waals surface area contributed by atoms with Gasteiger partial charge in [-0.15, -0.1) is 0 Å². The van der Waals surface area contributed by atoms with Crippen molar-refractivity contribution in [3.63, 3.8) is 0 Å². The molecule has 1 fully saturated rings. The molecule has 1 aliphatic heterocycles. The summed E-state index contributed by atoms with van der Waals surface area (Å²) in [7, 11) is 0. The Labute approximate surface area is 201 Å². The Morgan fingerprint density at radius 1 is 1.14 bits per heavy atom. The summed E-state index contributed by atoms with van der Waals surface area (Å²) in [6.45, 7) is 1.76. The molecule has 2 heterocycles. The number of halogens is 5. The highest BCUT2D eigenvalue weighted by Gasteiger charge is 2.46. The fourth-order valence-corrected chi connectivity index (χ4v) is 3.63. The number of piperazine rings is 1. The van der Waals surface area contributed by atoms with Crippen molar-refractivity contribution in [2.75, 3.05) is 32.9 Å². The van der Waals surface area contributed by atoms with Crippen LogP contribution >= 0.6 is 0 Å². The Kier molecular flexibility index (Phi) is 7.74. The average Bonchev–Trinajstić information content (AvgIpc) is 2.81. The molecule has 1 N–H and O–H groups in total. The van der Waals surface area contributed by atoms with Gasteiger partial charge >= 0.3 is 17.7 Å². The first kappa shape index (κ1) is 26.8. The van der Waals surface area contributed by atoms with Crippen molar-refractivity contribution >= 4 is 17.8 Å². The van der Waals surface area contributed by atoms with Crippen LogP contribution in [0.1, 0.15) is 32.7 Å². The van der Waals surface area contributed by atoms with Crippen LogP contribution in [0.15, 0.2) is 23.0 Å². The number of aromatic amines is 1. The molecule has 194 valence electrons. The van der Waals surface area contributed by atoms with Gasteiger partial charge in [0.05, 0.1) is 12.0 Å². The van der Waals surface area contributed by atoms with Crippen molar-refractivity contribution in [1.29, 1.82) is 0 Å². The molecule has 1 aliphatic rings. The predicted octanol–water partition coefficient (Wildman–Crippen LogP) is 0.781. The van der Waals surface area contributed by atoms with E-state index in [0.29, 0.717) is 4.85 Å². The van der Waals surface area contributed by atoms with Gasteiger partial charge < -0.3 is 9.80 Å². The molecule has 0 radical (unpaired) electrons. The normalized spacial score (nSPS) is 14.2. The molecule has 1 aromatic heterocycles. The fraction of sp³-hybridized carbons (Fsp3) is 0.409. The van der Waals surface area contributed by atoms with Crippen LogP contribution in [0, 0.1) is 19.7 Å². The lowest BCUT2D eigenvalue weighted by molar-refractivity contribution is -0.921. The molecule has 3 rings (SSSR count). The maximum Gasteiger partial charge on any atom is 0.498 e. The van der Waals surface area contributed by atoms with E-state index in [9.17, 15) is 41.1 Å². The van der Waals surface area contributed by atoms with Gasteiger partial charge in [-0.1, -0.05) is 11.2 Å². The van der Waals surface area contributed by atoms with Crippen LogP contribution in [-0.2, 0) is 16.0 Å². The monoisotopic (exact) mass is 517 g/mol. The predicted molar refractivity (Wildman–Crippen MR) is 112 cm³/mol. The van der Waals surface area contributed by atoms with Gasteiger partial charge in [0.15, 0.2) is 0 Å². The topological polar surface area (TPSA) is 104 Å². The van der Waals surface area contributed by atoms with Crippen LogP contribution in [-0.4, -0.2) is 71.7 Å². The molecule has 0 atom stereocenters. The zero-order chi connectivity index (χ0) is 26.8. The van der Waals surface area contributed by atoms with Crippen molar-refractivity contribution in [2.45, 2.75) is 26.4 Å². The summed E-state index contributed by atoms with van der Waals surface area (Å²) in [6, 6.07) is 3.40. The molecular formula is C22H22F5N4O5+. The lowest BCUT2D eigenvalue weighted by Crippen LogP contribution is -2.58. The van der Waals surface area contributed by atoms with E-state index in [1.807, 2.05) is 5.10 Å². The van der Waals surface area contributed by atoms with Gasteiger partial charge in [-0.25, -0.2) is 13.6 Å². The first-order chi connectivity index (χ1) is 16.8. The third-order valence-electron chi connectivity index (χ3n) is 5.78. The van der Waals surface area contributed by atoms with Gasteiger partial charge in [-0.05, 0) is 31.5 Å². The standard InChI is InChI=1S/C22H21F5N4O5/c1-12-13(2)19(33)28-31(36-21(35)22(25,26)27)17(12)10-14-3-4-16(24)15(9-14)20(34)30-8-7-29(6-5-23)18(32)11-30/h3-4,9H,5-8,10-11H2,1-2H3/p+1. The second-order valence-corrected chi connectivity index (χ2v) is 8.10. The number of hydrogen-bond acceptors (Lipinski definition) is 5. The Bertz CT molecular complexity index is 1260. The quantitative estimate of drug-likeness (QED) is 0.451. The van der Waals surface area contributed by atoms with Gasteiger partial charge in [-0.2, -0.15) is 18.0 Å². The number of aromatic nitrogens is 2. The largest absolute Gasteiger partial charge is 0.498 e. The number of benzene rings is 1. The molecule has 0 saturated carbocycles. The van der Waals surface area contributed by atoms with Gasteiger partial charge in [0.2, 0.25) is 5.91 Å². The van der Waals surface area contributed by atoms with E-state index in [4.69, 9.17) is 0 Å². The minimum Gasteiger partial charge on any atom is -0.337 e. The van der Waals surface area contributed by atoms with Gasteiger partial charge in [-0.3, -0.25) is 14.4 Å². The lowest BCUT2D eigenvalue weighted by atomic mass is 10.0. The molecule has 14 heteroatoms.